The summed E-state index contributed by atoms with van der Waals surface area (Å²) in [5.41, 5.74) is 3.50. The molecule has 0 aliphatic rings. The van der Waals surface area contributed by atoms with Gasteiger partial charge in [0.1, 0.15) is 5.75 Å². The number of anilines is 1. The molecule has 3 N–H and O–H groups in total. The molecule has 2 rings (SSSR count). The summed E-state index contributed by atoms with van der Waals surface area (Å²) in [6.45, 7) is 2.85. The number of benzene rings is 2. The lowest BCUT2D eigenvalue weighted by molar-refractivity contribution is 0.475. The Balaban J connectivity index is 1.98. The molecule has 3 heteroatoms. The summed E-state index contributed by atoms with van der Waals surface area (Å²) in [5, 5.41) is 10.9. The first kappa shape index (κ1) is 12.5. The monoisotopic (exact) mass is 242 g/mol. The number of hydrogen-bond donors (Lipinski definition) is 2. The van der Waals surface area contributed by atoms with Crippen molar-refractivity contribution in [3.63, 3.8) is 0 Å². The Labute approximate surface area is 107 Å². The number of nitrogens with two attached hydrogens (primary N) is 1. The SMILES string of the molecule is Cc1ccccc1CCN(N)c1ccc(O)cc1. The van der Waals surface area contributed by atoms with Crippen LogP contribution in [0.15, 0.2) is 48.5 Å². The van der Waals surface area contributed by atoms with Crippen molar-refractivity contribution in [2.24, 2.45) is 5.84 Å². The van der Waals surface area contributed by atoms with Crippen molar-refractivity contribution in [2.45, 2.75) is 13.3 Å². The summed E-state index contributed by atoms with van der Waals surface area (Å²) in [4.78, 5) is 0. The van der Waals surface area contributed by atoms with Crippen LogP contribution in [-0.2, 0) is 6.42 Å². The highest BCUT2D eigenvalue weighted by Gasteiger charge is 2.03. The standard InChI is InChI=1S/C15H18N2O/c1-12-4-2-3-5-13(12)10-11-17(16)14-6-8-15(18)9-7-14/h2-9,18H,10-11,16H2,1H3. The smallest absolute Gasteiger partial charge is 0.115 e. The second kappa shape index (κ2) is 5.56. The Morgan fingerprint density at radius 2 is 1.72 bits per heavy atom. The van der Waals surface area contributed by atoms with Crippen LogP contribution in [0.2, 0.25) is 0 Å². The summed E-state index contributed by atoms with van der Waals surface area (Å²) in [7, 11) is 0. The van der Waals surface area contributed by atoms with Crippen LogP contribution in [0.1, 0.15) is 11.1 Å². The van der Waals surface area contributed by atoms with E-state index in [0.29, 0.717) is 0 Å². The number of aryl methyl sites for hydroxylation is 1. The molecule has 2 aromatic carbocycles. The molecule has 0 amide bonds. The highest BCUT2D eigenvalue weighted by molar-refractivity contribution is 5.47. The predicted molar refractivity (Wildman–Crippen MR) is 74.5 cm³/mol. The van der Waals surface area contributed by atoms with E-state index >= 15 is 0 Å². The Hall–Kier alpha value is -2.00. The number of phenols is 1. The second-order valence-corrected chi connectivity index (χ2v) is 4.39. The van der Waals surface area contributed by atoms with Gasteiger partial charge in [-0.3, -0.25) is 0 Å². The molecule has 2 aromatic rings. The van der Waals surface area contributed by atoms with Gasteiger partial charge in [-0.05, 0) is 48.7 Å². The maximum Gasteiger partial charge on any atom is 0.115 e. The van der Waals surface area contributed by atoms with Crippen LogP contribution in [0.4, 0.5) is 5.69 Å². The minimum absolute atomic E-state index is 0.256. The van der Waals surface area contributed by atoms with Gasteiger partial charge in [0.15, 0.2) is 0 Å². The zero-order chi connectivity index (χ0) is 13.0. The minimum atomic E-state index is 0.256. The quantitative estimate of drug-likeness (QED) is 0.640. The van der Waals surface area contributed by atoms with Crippen molar-refractivity contribution in [3.05, 3.63) is 59.7 Å². The molecule has 0 aliphatic carbocycles. The largest absolute Gasteiger partial charge is 0.508 e. The zero-order valence-electron chi connectivity index (χ0n) is 10.5. The first-order valence-corrected chi connectivity index (χ1v) is 6.02. The summed E-state index contributed by atoms with van der Waals surface area (Å²) < 4.78 is 0. The van der Waals surface area contributed by atoms with Crippen LogP contribution in [0.3, 0.4) is 0 Å². The number of phenolic OH excluding ortho intramolecular Hbond substituents is 1. The van der Waals surface area contributed by atoms with Gasteiger partial charge < -0.3 is 10.1 Å². The van der Waals surface area contributed by atoms with Crippen LogP contribution in [0.5, 0.6) is 5.75 Å². The lowest BCUT2D eigenvalue weighted by Gasteiger charge is -2.19. The van der Waals surface area contributed by atoms with E-state index in [2.05, 4.69) is 19.1 Å². The van der Waals surface area contributed by atoms with E-state index in [9.17, 15) is 5.11 Å². The second-order valence-electron chi connectivity index (χ2n) is 4.39. The van der Waals surface area contributed by atoms with Crippen molar-refractivity contribution in [3.8, 4) is 5.75 Å². The summed E-state index contributed by atoms with van der Waals surface area (Å²) in [5.74, 6) is 6.25. The first-order valence-electron chi connectivity index (χ1n) is 6.02. The molecular formula is C15H18N2O. The van der Waals surface area contributed by atoms with E-state index in [1.165, 1.54) is 11.1 Å². The molecule has 0 bridgehead atoms. The summed E-state index contributed by atoms with van der Waals surface area (Å²) >= 11 is 0. The molecule has 0 fully saturated rings. The molecule has 0 radical (unpaired) electrons. The van der Waals surface area contributed by atoms with Crippen molar-refractivity contribution >= 4 is 5.69 Å². The Morgan fingerprint density at radius 1 is 1.06 bits per heavy atom. The molecule has 0 atom stereocenters. The highest BCUT2D eigenvalue weighted by Crippen LogP contribution is 2.17. The third kappa shape index (κ3) is 3.02. The van der Waals surface area contributed by atoms with Gasteiger partial charge in [-0.1, -0.05) is 24.3 Å². The number of nitrogens with zero attached hydrogens (tertiary/aromatic N) is 1. The molecule has 0 aliphatic heterocycles. The van der Waals surface area contributed by atoms with E-state index in [1.54, 1.807) is 17.1 Å². The van der Waals surface area contributed by atoms with Gasteiger partial charge in [-0.2, -0.15) is 0 Å². The fourth-order valence-electron chi connectivity index (χ4n) is 1.90. The minimum Gasteiger partial charge on any atom is -0.508 e. The third-order valence-corrected chi connectivity index (χ3v) is 3.06. The molecular weight excluding hydrogens is 224 g/mol. The lowest BCUT2D eigenvalue weighted by atomic mass is 10.1. The molecule has 94 valence electrons. The van der Waals surface area contributed by atoms with E-state index in [-0.39, 0.29) is 5.75 Å². The van der Waals surface area contributed by atoms with E-state index < -0.39 is 0 Å². The van der Waals surface area contributed by atoms with Crippen LogP contribution >= 0.6 is 0 Å². The summed E-state index contributed by atoms with van der Waals surface area (Å²) in [6, 6.07) is 15.2. The van der Waals surface area contributed by atoms with Gasteiger partial charge in [0, 0.05) is 6.54 Å². The number of rotatable bonds is 4. The van der Waals surface area contributed by atoms with E-state index in [4.69, 9.17) is 5.84 Å². The first-order chi connectivity index (χ1) is 8.66. The normalized spacial score (nSPS) is 10.3. The van der Waals surface area contributed by atoms with Gasteiger partial charge in [0.2, 0.25) is 0 Å². The molecule has 0 saturated carbocycles. The molecule has 3 nitrogen and oxygen atoms in total. The number of hydrogen-bond acceptors (Lipinski definition) is 3. The maximum atomic E-state index is 9.22. The van der Waals surface area contributed by atoms with Crippen molar-refractivity contribution in [1.29, 1.82) is 0 Å². The van der Waals surface area contributed by atoms with Crippen LogP contribution in [0.25, 0.3) is 0 Å². The van der Waals surface area contributed by atoms with Crippen LogP contribution < -0.4 is 10.9 Å². The average Bonchev–Trinajstić information content (AvgIpc) is 2.38. The average molecular weight is 242 g/mol. The van der Waals surface area contributed by atoms with Gasteiger partial charge in [-0.25, -0.2) is 5.84 Å². The number of aromatic hydroxyl groups is 1. The molecule has 0 unspecified atom stereocenters. The Morgan fingerprint density at radius 3 is 2.39 bits per heavy atom. The number of hydrazine groups is 1. The molecule has 18 heavy (non-hydrogen) atoms. The van der Waals surface area contributed by atoms with Crippen LogP contribution in [-0.4, -0.2) is 11.7 Å². The van der Waals surface area contributed by atoms with Crippen molar-refractivity contribution in [2.75, 3.05) is 11.6 Å². The summed E-state index contributed by atoms with van der Waals surface area (Å²) in [6.07, 6.45) is 0.907. The third-order valence-electron chi connectivity index (χ3n) is 3.06. The van der Waals surface area contributed by atoms with Gasteiger partial charge >= 0.3 is 0 Å². The topological polar surface area (TPSA) is 49.5 Å². The van der Waals surface area contributed by atoms with Crippen molar-refractivity contribution < 1.29 is 5.11 Å². The van der Waals surface area contributed by atoms with E-state index in [0.717, 1.165) is 18.7 Å². The molecule has 0 saturated heterocycles. The zero-order valence-corrected chi connectivity index (χ0v) is 10.5. The fraction of sp³-hybridized carbons (Fsp3) is 0.200. The van der Waals surface area contributed by atoms with Gasteiger partial charge in [0.25, 0.3) is 0 Å². The van der Waals surface area contributed by atoms with Gasteiger partial charge in [0.05, 0.1) is 5.69 Å². The van der Waals surface area contributed by atoms with Crippen LogP contribution in [0, 0.1) is 6.92 Å². The van der Waals surface area contributed by atoms with Crippen molar-refractivity contribution in [1.82, 2.24) is 0 Å². The Bertz CT molecular complexity index is 508. The highest BCUT2D eigenvalue weighted by atomic mass is 16.3. The maximum absolute atomic E-state index is 9.22. The molecule has 0 spiro atoms. The van der Waals surface area contributed by atoms with Gasteiger partial charge in [-0.15, -0.1) is 0 Å². The molecule has 0 aromatic heterocycles. The fourth-order valence-corrected chi connectivity index (χ4v) is 1.90. The predicted octanol–water partition coefficient (Wildman–Crippen LogP) is 2.62. The molecule has 0 heterocycles. The Kier molecular flexibility index (Phi) is 3.85. The van der Waals surface area contributed by atoms with E-state index in [1.807, 2.05) is 24.3 Å². The lowest BCUT2D eigenvalue weighted by Crippen LogP contribution is -2.32.